The van der Waals surface area contributed by atoms with E-state index < -0.39 is 0 Å². The maximum atomic E-state index is 12.0. The van der Waals surface area contributed by atoms with Crippen LogP contribution in [0.3, 0.4) is 0 Å². The lowest BCUT2D eigenvalue weighted by Gasteiger charge is -2.31. The van der Waals surface area contributed by atoms with E-state index in [9.17, 15) is 4.79 Å². The average Bonchev–Trinajstić information content (AvgIpc) is 2.48. The van der Waals surface area contributed by atoms with E-state index in [0.717, 1.165) is 18.5 Å². The number of benzene rings is 1. The number of hydrogen-bond donors (Lipinski definition) is 1. The van der Waals surface area contributed by atoms with Crippen molar-refractivity contribution in [3.63, 3.8) is 0 Å². The van der Waals surface area contributed by atoms with Crippen LogP contribution in [0.2, 0.25) is 0 Å². The minimum atomic E-state index is -0.218. The summed E-state index contributed by atoms with van der Waals surface area (Å²) >= 11 is 0. The Morgan fingerprint density at radius 1 is 1.24 bits per heavy atom. The maximum absolute atomic E-state index is 12.0. The van der Waals surface area contributed by atoms with Gasteiger partial charge in [-0.15, -0.1) is 0 Å². The smallest absolute Gasteiger partial charge is 0.331 e. The van der Waals surface area contributed by atoms with Crippen LogP contribution in [0.4, 0.5) is 0 Å². The molecule has 1 saturated carbocycles. The highest BCUT2D eigenvalue weighted by Gasteiger charge is 2.29. The van der Waals surface area contributed by atoms with Gasteiger partial charge in [0, 0.05) is 12.0 Å². The molecule has 3 heteroatoms. The molecule has 0 heterocycles. The number of hydrogen-bond acceptors (Lipinski definition) is 2. The van der Waals surface area contributed by atoms with E-state index in [-0.39, 0.29) is 12.1 Å². The van der Waals surface area contributed by atoms with Gasteiger partial charge in [-0.25, -0.2) is 4.79 Å². The molecule has 0 unspecified atom stereocenters. The Morgan fingerprint density at radius 2 is 1.95 bits per heavy atom. The van der Waals surface area contributed by atoms with Crippen molar-refractivity contribution in [2.45, 2.75) is 31.8 Å². The van der Waals surface area contributed by atoms with Crippen LogP contribution in [0.1, 0.15) is 31.2 Å². The van der Waals surface area contributed by atoms with Crippen molar-refractivity contribution < 1.29 is 14.4 Å². The number of carbonyl (C=O) groups is 1. The average molecular weight is 288 g/mol. The van der Waals surface area contributed by atoms with Crippen molar-refractivity contribution >= 4 is 12.0 Å². The molecule has 1 aliphatic rings. The van der Waals surface area contributed by atoms with Gasteiger partial charge in [-0.1, -0.05) is 36.8 Å². The summed E-state index contributed by atoms with van der Waals surface area (Å²) in [6, 6.07) is 9.83. The molecule has 0 aromatic heterocycles. The highest BCUT2D eigenvalue weighted by atomic mass is 16.5. The van der Waals surface area contributed by atoms with Gasteiger partial charge < -0.3 is 9.64 Å². The summed E-state index contributed by atoms with van der Waals surface area (Å²) < 4.78 is 5.69. The SMILES string of the molecule is C[NH+](C)C[C@@H]1CCCC[C@@H]1OC(=O)/C=C/c1ccccc1. The molecule has 0 spiro atoms. The third-order valence-corrected chi connectivity index (χ3v) is 3.99. The molecule has 1 N–H and O–H groups in total. The molecule has 2 atom stereocenters. The summed E-state index contributed by atoms with van der Waals surface area (Å²) in [5.74, 6) is 0.280. The van der Waals surface area contributed by atoms with Gasteiger partial charge in [-0.2, -0.15) is 0 Å². The number of nitrogens with one attached hydrogen (secondary N) is 1. The molecule has 0 bridgehead atoms. The highest BCUT2D eigenvalue weighted by Crippen LogP contribution is 2.26. The monoisotopic (exact) mass is 288 g/mol. The zero-order chi connectivity index (χ0) is 15.1. The molecule has 2 rings (SSSR count). The van der Waals surface area contributed by atoms with E-state index in [1.165, 1.54) is 24.2 Å². The summed E-state index contributed by atoms with van der Waals surface area (Å²) in [5.41, 5.74) is 1.02. The molecule has 1 aromatic rings. The minimum absolute atomic E-state index is 0.0848. The third-order valence-electron chi connectivity index (χ3n) is 3.99. The molecule has 1 aliphatic carbocycles. The van der Waals surface area contributed by atoms with Gasteiger partial charge in [-0.05, 0) is 30.9 Å². The molecule has 21 heavy (non-hydrogen) atoms. The minimum Gasteiger partial charge on any atom is -0.459 e. The summed E-state index contributed by atoms with van der Waals surface area (Å²) in [7, 11) is 4.31. The van der Waals surface area contributed by atoms with Gasteiger partial charge in [0.2, 0.25) is 0 Å². The van der Waals surface area contributed by atoms with Crippen LogP contribution in [-0.4, -0.2) is 32.7 Å². The Kier molecular flexibility index (Phi) is 6.00. The van der Waals surface area contributed by atoms with Crippen LogP contribution in [0, 0.1) is 5.92 Å². The molecule has 1 fully saturated rings. The number of ether oxygens (including phenoxy) is 1. The van der Waals surface area contributed by atoms with Gasteiger partial charge >= 0.3 is 5.97 Å². The molecule has 3 nitrogen and oxygen atoms in total. The van der Waals surface area contributed by atoms with Crippen molar-refractivity contribution in [3.8, 4) is 0 Å². The second-order valence-electron chi connectivity index (χ2n) is 6.18. The quantitative estimate of drug-likeness (QED) is 0.663. The largest absolute Gasteiger partial charge is 0.459 e. The number of esters is 1. The first-order chi connectivity index (χ1) is 10.1. The molecular formula is C18H26NO2+. The topological polar surface area (TPSA) is 30.7 Å². The molecule has 1 aromatic carbocycles. The first-order valence-corrected chi connectivity index (χ1v) is 7.88. The number of quaternary nitrogens is 1. The lowest BCUT2D eigenvalue weighted by Crippen LogP contribution is -3.06. The first kappa shape index (κ1) is 15.8. The Morgan fingerprint density at radius 3 is 2.67 bits per heavy atom. The fourth-order valence-electron chi connectivity index (χ4n) is 3.00. The van der Waals surface area contributed by atoms with E-state index in [1.54, 1.807) is 6.08 Å². The van der Waals surface area contributed by atoms with Gasteiger partial charge in [-0.3, -0.25) is 0 Å². The van der Waals surface area contributed by atoms with Gasteiger partial charge in [0.1, 0.15) is 6.10 Å². The standard InChI is InChI=1S/C18H25NO2/c1-19(2)14-16-10-6-7-11-17(16)21-18(20)13-12-15-8-4-3-5-9-15/h3-5,8-9,12-13,16-17H,6-7,10-11,14H2,1-2H3/p+1/b13-12+/t16-,17-/m0/s1. The third kappa shape index (κ3) is 5.35. The van der Waals surface area contributed by atoms with Crippen LogP contribution < -0.4 is 4.90 Å². The normalized spacial score (nSPS) is 22.6. The predicted molar refractivity (Wildman–Crippen MR) is 85.0 cm³/mol. The van der Waals surface area contributed by atoms with Crippen LogP contribution in [-0.2, 0) is 9.53 Å². The van der Waals surface area contributed by atoms with Crippen molar-refractivity contribution in [3.05, 3.63) is 42.0 Å². The van der Waals surface area contributed by atoms with Gasteiger partial charge in [0.05, 0.1) is 20.6 Å². The lowest BCUT2D eigenvalue weighted by molar-refractivity contribution is -0.862. The molecule has 0 radical (unpaired) electrons. The van der Waals surface area contributed by atoms with Crippen LogP contribution in [0.5, 0.6) is 0 Å². The van der Waals surface area contributed by atoms with E-state index in [4.69, 9.17) is 4.74 Å². The Labute approximate surface area is 127 Å². The summed E-state index contributed by atoms with van der Waals surface area (Å²) in [6.07, 6.45) is 8.04. The fraction of sp³-hybridized carbons (Fsp3) is 0.500. The summed E-state index contributed by atoms with van der Waals surface area (Å²) in [5, 5.41) is 0. The lowest BCUT2D eigenvalue weighted by atomic mass is 9.86. The van der Waals surface area contributed by atoms with Crippen LogP contribution in [0.25, 0.3) is 6.08 Å². The molecule has 114 valence electrons. The van der Waals surface area contributed by atoms with Crippen LogP contribution in [0.15, 0.2) is 36.4 Å². The number of rotatable bonds is 5. The van der Waals surface area contributed by atoms with Gasteiger partial charge in [0.25, 0.3) is 0 Å². The summed E-state index contributed by atoms with van der Waals surface area (Å²) in [4.78, 5) is 13.4. The fourth-order valence-corrected chi connectivity index (χ4v) is 3.00. The van der Waals surface area contributed by atoms with Crippen molar-refractivity contribution in [2.75, 3.05) is 20.6 Å². The zero-order valence-corrected chi connectivity index (χ0v) is 13.0. The zero-order valence-electron chi connectivity index (χ0n) is 13.0. The second-order valence-corrected chi connectivity index (χ2v) is 6.18. The molecule has 0 aliphatic heterocycles. The Bertz CT molecular complexity index is 467. The van der Waals surface area contributed by atoms with Crippen LogP contribution >= 0.6 is 0 Å². The van der Waals surface area contributed by atoms with E-state index in [1.807, 2.05) is 36.4 Å². The molecular weight excluding hydrogens is 262 g/mol. The van der Waals surface area contributed by atoms with E-state index in [2.05, 4.69) is 14.1 Å². The van der Waals surface area contributed by atoms with Crippen molar-refractivity contribution in [1.82, 2.24) is 0 Å². The maximum Gasteiger partial charge on any atom is 0.331 e. The van der Waals surface area contributed by atoms with Gasteiger partial charge in [0.15, 0.2) is 0 Å². The Hall–Kier alpha value is -1.61. The van der Waals surface area contributed by atoms with Crippen molar-refractivity contribution in [2.24, 2.45) is 5.92 Å². The molecule has 0 saturated heterocycles. The summed E-state index contributed by atoms with van der Waals surface area (Å²) in [6.45, 7) is 1.07. The van der Waals surface area contributed by atoms with Crippen molar-refractivity contribution in [1.29, 1.82) is 0 Å². The molecule has 0 amide bonds. The van der Waals surface area contributed by atoms with E-state index in [0.29, 0.717) is 5.92 Å². The highest BCUT2D eigenvalue weighted by molar-refractivity contribution is 5.87. The first-order valence-electron chi connectivity index (χ1n) is 7.88. The predicted octanol–water partition coefficient (Wildman–Crippen LogP) is 1.95. The number of carbonyl (C=O) groups excluding carboxylic acids is 1. The van der Waals surface area contributed by atoms with E-state index >= 15 is 0 Å². The second kappa shape index (κ2) is 7.99. The Balaban J connectivity index is 1.89.